The van der Waals surface area contributed by atoms with E-state index in [9.17, 15) is 0 Å². The van der Waals surface area contributed by atoms with E-state index < -0.39 is 0 Å². The highest BCUT2D eigenvalue weighted by atomic mass is 79.9. The summed E-state index contributed by atoms with van der Waals surface area (Å²) in [5.41, 5.74) is 2.33. The van der Waals surface area contributed by atoms with Crippen molar-refractivity contribution in [2.45, 2.75) is 0 Å². The molecule has 0 unspecified atom stereocenters. The van der Waals surface area contributed by atoms with Crippen LogP contribution in [0.25, 0.3) is 0 Å². The first-order valence-corrected chi connectivity index (χ1v) is 7.03. The van der Waals surface area contributed by atoms with Gasteiger partial charge in [-0.05, 0) is 52.3 Å². The minimum absolute atomic E-state index is 0.610. The van der Waals surface area contributed by atoms with Crippen LogP contribution in [0, 0.1) is 11.3 Å². The number of hydrogen-bond donors (Lipinski definition) is 1. The second-order valence-electron chi connectivity index (χ2n) is 3.78. The summed E-state index contributed by atoms with van der Waals surface area (Å²) in [6.07, 6.45) is 0. The molecule has 0 radical (unpaired) electrons. The van der Waals surface area contributed by atoms with Gasteiger partial charge in [-0.1, -0.05) is 15.9 Å². The number of ether oxygens (including phenoxy) is 1. The van der Waals surface area contributed by atoms with E-state index >= 15 is 0 Å². The van der Waals surface area contributed by atoms with E-state index in [2.05, 4.69) is 43.2 Å². The second-order valence-corrected chi connectivity index (χ2v) is 5.55. The molecule has 0 bridgehead atoms. The Morgan fingerprint density at radius 1 is 1.11 bits per heavy atom. The SMILES string of the molecule is COc1ccc(Br)cc1Nc1ccc(C#N)cc1Br. The minimum atomic E-state index is 0.610. The van der Waals surface area contributed by atoms with Crippen LogP contribution in [0.4, 0.5) is 11.4 Å². The van der Waals surface area contributed by atoms with E-state index in [-0.39, 0.29) is 0 Å². The standard InChI is InChI=1S/C14H10Br2N2O/c1-19-14-5-3-10(15)7-13(14)18-12-4-2-9(8-17)6-11(12)16/h2-7,18H,1H3. The molecule has 2 aromatic rings. The van der Waals surface area contributed by atoms with E-state index in [1.807, 2.05) is 24.3 Å². The normalized spacial score (nSPS) is 9.79. The van der Waals surface area contributed by atoms with E-state index in [4.69, 9.17) is 10.00 Å². The number of nitriles is 1. The largest absolute Gasteiger partial charge is 0.495 e. The molecule has 0 fully saturated rings. The Morgan fingerprint density at radius 3 is 2.53 bits per heavy atom. The van der Waals surface area contributed by atoms with Gasteiger partial charge in [0.15, 0.2) is 0 Å². The molecule has 0 aliphatic rings. The van der Waals surface area contributed by atoms with Crippen LogP contribution in [0.5, 0.6) is 5.75 Å². The maximum atomic E-state index is 8.84. The van der Waals surface area contributed by atoms with E-state index in [0.717, 1.165) is 26.1 Å². The van der Waals surface area contributed by atoms with Gasteiger partial charge in [-0.25, -0.2) is 0 Å². The Hall–Kier alpha value is -1.51. The van der Waals surface area contributed by atoms with E-state index in [0.29, 0.717) is 5.56 Å². The van der Waals surface area contributed by atoms with Gasteiger partial charge in [0.1, 0.15) is 5.75 Å². The van der Waals surface area contributed by atoms with Crippen molar-refractivity contribution in [2.75, 3.05) is 12.4 Å². The van der Waals surface area contributed by atoms with Crippen LogP contribution < -0.4 is 10.1 Å². The third-order valence-corrected chi connectivity index (χ3v) is 3.68. The van der Waals surface area contributed by atoms with Crippen LogP contribution in [0.3, 0.4) is 0 Å². The quantitative estimate of drug-likeness (QED) is 0.827. The Morgan fingerprint density at radius 2 is 1.89 bits per heavy atom. The van der Waals surface area contributed by atoms with Crippen molar-refractivity contribution in [3.8, 4) is 11.8 Å². The summed E-state index contributed by atoms with van der Waals surface area (Å²) in [7, 11) is 1.63. The van der Waals surface area contributed by atoms with Gasteiger partial charge in [0, 0.05) is 8.95 Å². The highest BCUT2D eigenvalue weighted by molar-refractivity contribution is 9.10. The number of methoxy groups -OCH3 is 1. The van der Waals surface area contributed by atoms with Crippen LogP contribution in [-0.4, -0.2) is 7.11 Å². The molecule has 3 nitrogen and oxygen atoms in total. The number of rotatable bonds is 3. The number of nitrogens with zero attached hydrogens (tertiary/aromatic N) is 1. The molecule has 0 amide bonds. The maximum absolute atomic E-state index is 8.84. The lowest BCUT2D eigenvalue weighted by molar-refractivity contribution is 0.417. The van der Waals surface area contributed by atoms with Gasteiger partial charge in [0.2, 0.25) is 0 Å². The first-order chi connectivity index (χ1) is 9.13. The van der Waals surface area contributed by atoms with Crippen molar-refractivity contribution in [2.24, 2.45) is 0 Å². The number of hydrogen-bond acceptors (Lipinski definition) is 3. The third-order valence-electron chi connectivity index (χ3n) is 2.53. The molecular formula is C14H10Br2N2O. The Kier molecular flexibility index (Phi) is 4.46. The molecule has 0 saturated heterocycles. The summed E-state index contributed by atoms with van der Waals surface area (Å²) in [4.78, 5) is 0. The molecule has 2 aromatic carbocycles. The maximum Gasteiger partial charge on any atom is 0.142 e. The minimum Gasteiger partial charge on any atom is -0.495 e. The fourth-order valence-electron chi connectivity index (χ4n) is 1.61. The molecule has 0 aliphatic carbocycles. The molecule has 0 aliphatic heterocycles. The average molecular weight is 382 g/mol. The van der Waals surface area contributed by atoms with Crippen molar-refractivity contribution in [1.29, 1.82) is 5.26 Å². The van der Waals surface area contributed by atoms with Crippen LogP contribution in [-0.2, 0) is 0 Å². The van der Waals surface area contributed by atoms with Gasteiger partial charge in [-0.15, -0.1) is 0 Å². The van der Waals surface area contributed by atoms with Gasteiger partial charge >= 0.3 is 0 Å². The molecule has 5 heteroatoms. The van der Waals surface area contributed by atoms with Gasteiger partial charge in [0.05, 0.1) is 30.1 Å². The fraction of sp³-hybridized carbons (Fsp3) is 0.0714. The molecule has 0 spiro atoms. The molecule has 2 rings (SSSR count). The van der Waals surface area contributed by atoms with Crippen molar-refractivity contribution in [1.82, 2.24) is 0 Å². The lowest BCUT2D eigenvalue weighted by Crippen LogP contribution is -1.95. The van der Waals surface area contributed by atoms with Crippen molar-refractivity contribution in [3.05, 3.63) is 50.9 Å². The van der Waals surface area contributed by atoms with Crippen LogP contribution in [0.1, 0.15) is 5.56 Å². The molecule has 1 N–H and O–H groups in total. The molecule has 0 atom stereocenters. The Labute approximate surface area is 128 Å². The van der Waals surface area contributed by atoms with Crippen LogP contribution in [0.2, 0.25) is 0 Å². The topological polar surface area (TPSA) is 45.0 Å². The number of halogens is 2. The van der Waals surface area contributed by atoms with Gasteiger partial charge in [-0.2, -0.15) is 5.26 Å². The number of nitrogens with one attached hydrogen (secondary N) is 1. The van der Waals surface area contributed by atoms with E-state index in [1.54, 1.807) is 19.2 Å². The average Bonchev–Trinajstić information content (AvgIpc) is 2.41. The number of benzene rings is 2. The van der Waals surface area contributed by atoms with Crippen LogP contribution in [0.15, 0.2) is 45.3 Å². The molecule has 0 heterocycles. The van der Waals surface area contributed by atoms with Crippen molar-refractivity contribution >= 4 is 43.2 Å². The highest BCUT2D eigenvalue weighted by Crippen LogP contribution is 2.33. The summed E-state index contributed by atoms with van der Waals surface area (Å²) in [6, 6.07) is 13.2. The Bertz CT molecular complexity index is 650. The fourth-order valence-corrected chi connectivity index (χ4v) is 2.45. The summed E-state index contributed by atoms with van der Waals surface area (Å²) in [6.45, 7) is 0. The van der Waals surface area contributed by atoms with Gasteiger partial charge in [-0.3, -0.25) is 0 Å². The smallest absolute Gasteiger partial charge is 0.142 e. The van der Waals surface area contributed by atoms with Crippen molar-refractivity contribution < 1.29 is 4.74 Å². The molecule has 0 aromatic heterocycles. The van der Waals surface area contributed by atoms with Crippen LogP contribution >= 0.6 is 31.9 Å². The Balaban J connectivity index is 2.36. The monoisotopic (exact) mass is 380 g/mol. The second kappa shape index (κ2) is 6.09. The lowest BCUT2D eigenvalue weighted by atomic mass is 10.2. The predicted molar refractivity (Wildman–Crippen MR) is 82.8 cm³/mol. The first-order valence-electron chi connectivity index (χ1n) is 5.44. The summed E-state index contributed by atoms with van der Waals surface area (Å²) < 4.78 is 7.09. The third kappa shape index (κ3) is 3.28. The zero-order valence-electron chi connectivity index (χ0n) is 10.1. The molecular weight excluding hydrogens is 372 g/mol. The van der Waals surface area contributed by atoms with E-state index in [1.165, 1.54) is 0 Å². The zero-order valence-corrected chi connectivity index (χ0v) is 13.2. The zero-order chi connectivity index (χ0) is 13.8. The summed E-state index contributed by atoms with van der Waals surface area (Å²) >= 11 is 6.87. The van der Waals surface area contributed by atoms with Gasteiger partial charge < -0.3 is 10.1 Å². The lowest BCUT2D eigenvalue weighted by Gasteiger charge is -2.13. The van der Waals surface area contributed by atoms with Crippen molar-refractivity contribution in [3.63, 3.8) is 0 Å². The molecule has 96 valence electrons. The first kappa shape index (κ1) is 13.9. The highest BCUT2D eigenvalue weighted by Gasteiger charge is 2.07. The predicted octanol–water partition coefficient (Wildman–Crippen LogP) is 4.84. The molecule has 19 heavy (non-hydrogen) atoms. The summed E-state index contributed by atoms with van der Waals surface area (Å²) in [5, 5.41) is 12.1. The number of anilines is 2. The summed E-state index contributed by atoms with van der Waals surface area (Å²) in [5.74, 6) is 0.749. The molecule has 0 saturated carbocycles. The van der Waals surface area contributed by atoms with Gasteiger partial charge in [0.25, 0.3) is 0 Å².